The van der Waals surface area contributed by atoms with Crippen molar-refractivity contribution in [3.63, 3.8) is 0 Å². The van der Waals surface area contributed by atoms with Crippen molar-refractivity contribution in [2.45, 2.75) is 12.5 Å². The van der Waals surface area contributed by atoms with Gasteiger partial charge in [0.05, 0.1) is 18.7 Å². The molecule has 4 heterocycles. The number of aliphatic imine (C=N–C) groups is 1. The second-order valence-corrected chi connectivity index (χ2v) is 12.0. The summed E-state index contributed by atoms with van der Waals surface area (Å²) in [6.07, 6.45) is 5.89. The van der Waals surface area contributed by atoms with Crippen LogP contribution >= 0.6 is 0 Å². The highest BCUT2D eigenvalue weighted by molar-refractivity contribution is 6.10. The predicted octanol–water partition coefficient (Wildman–Crippen LogP) is 3.95. The number of nitrogens with two attached hydrogens (primary N) is 1. The van der Waals surface area contributed by atoms with E-state index in [2.05, 4.69) is 25.4 Å². The van der Waals surface area contributed by atoms with E-state index >= 15 is 0 Å². The fraction of sp³-hybridized carbons (Fsp3) is 0.314. The highest BCUT2D eigenvalue weighted by Gasteiger charge is 2.28. The topological polar surface area (TPSA) is 154 Å². The number of likely N-dealkylation sites (tertiary alicyclic amines) is 1. The molecule has 4 aromatic rings. The molecule has 0 aliphatic carbocycles. The molecular formula is C35H40N10O3. The van der Waals surface area contributed by atoms with Crippen LogP contribution in [0.1, 0.15) is 22.3 Å². The monoisotopic (exact) mass is 648 g/mol. The van der Waals surface area contributed by atoms with E-state index in [1.165, 1.54) is 6.20 Å². The van der Waals surface area contributed by atoms with E-state index in [0.29, 0.717) is 66.1 Å². The Morgan fingerprint density at radius 2 is 1.67 bits per heavy atom. The third-order valence-corrected chi connectivity index (χ3v) is 8.58. The van der Waals surface area contributed by atoms with Crippen molar-refractivity contribution < 1.29 is 14.3 Å². The number of benzene rings is 2. The molecule has 13 heteroatoms. The Kier molecular flexibility index (Phi) is 9.88. The minimum Gasteiger partial charge on any atom is -0.404 e. The van der Waals surface area contributed by atoms with E-state index in [9.17, 15) is 9.59 Å². The van der Waals surface area contributed by atoms with Gasteiger partial charge in [-0.25, -0.2) is 14.8 Å². The molecule has 2 saturated heterocycles. The number of likely N-dealkylation sites (N-methyl/N-ethyl adjacent to an activating group) is 1. The van der Waals surface area contributed by atoms with Gasteiger partial charge in [-0.05, 0) is 75.1 Å². The summed E-state index contributed by atoms with van der Waals surface area (Å²) in [5, 5.41) is 5.70. The number of amides is 3. The van der Waals surface area contributed by atoms with E-state index in [-0.39, 0.29) is 5.91 Å². The third-order valence-electron chi connectivity index (χ3n) is 8.58. The molecule has 2 aromatic heterocycles. The number of urea groups is 1. The molecule has 0 bridgehead atoms. The number of ether oxygens (including phenoxy) is 1. The van der Waals surface area contributed by atoms with Crippen LogP contribution in [-0.4, -0.2) is 109 Å². The number of rotatable bonds is 8. The van der Waals surface area contributed by atoms with Crippen molar-refractivity contribution in [2.24, 2.45) is 10.7 Å². The lowest BCUT2D eigenvalue weighted by Gasteiger charge is -2.28. The maximum atomic E-state index is 12.9. The number of nitrogens with zero attached hydrogens (tertiary/aromatic N) is 7. The molecule has 2 aromatic carbocycles. The lowest BCUT2D eigenvalue weighted by atomic mass is 10.1. The first-order valence-electron chi connectivity index (χ1n) is 15.9. The fourth-order valence-corrected chi connectivity index (χ4v) is 5.86. The average molecular weight is 649 g/mol. The molecule has 4 N–H and O–H groups in total. The molecular weight excluding hydrogens is 608 g/mol. The van der Waals surface area contributed by atoms with Gasteiger partial charge >= 0.3 is 6.03 Å². The van der Waals surface area contributed by atoms with E-state index in [1.807, 2.05) is 37.2 Å². The Labute approximate surface area is 279 Å². The number of pyridine rings is 1. The SMILES string of the molecule is CN=CC(=CN)c1cnc2c(N3CCOCC3)nc(-c3ccc(NC(=O)Nc4ccc(C(=O)N5CCC(N(C)C)C5)cc4)cc3)nc2c1. The molecule has 0 saturated carbocycles. The van der Waals surface area contributed by atoms with Crippen LogP contribution < -0.4 is 21.3 Å². The number of carbonyl (C=O) groups is 2. The lowest BCUT2D eigenvalue weighted by Crippen LogP contribution is -2.37. The van der Waals surface area contributed by atoms with Crippen LogP contribution in [0.25, 0.3) is 28.0 Å². The first-order valence-corrected chi connectivity index (χ1v) is 15.9. The maximum Gasteiger partial charge on any atom is 0.323 e. The standard InChI is InChI=1S/C35H40N10O3/c1-37-20-26(19-36)25-18-30-31(38-21-25)33(44-14-16-48-17-15-44)42-32(41-30)23-4-8-27(9-5-23)39-35(47)40-28-10-6-24(7-11-28)34(46)45-13-12-29(22-45)43(2)3/h4-11,18-21,29H,12-17,22,36H2,1-3H3,(H2,39,40,47). The second kappa shape index (κ2) is 14.6. The molecule has 2 fully saturated rings. The predicted molar refractivity (Wildman–Crippen MR) is 189 cm³/mol. The largest absolute Gasteiger partial charge is 0.404 e. The molecule has 2 aliphatic heterocycles. The number of anilines is 3. The van der Waals surface area contributed by atoms with Gasteiger partial charge in [-0.1, -0.05) is 0 Å². The minimum atomic E-state index is -0.398. The summed E-state index contributed by atoms with van der Waals surface area (Å²) >= 11 is 0. The lowest BCUT2D eigenvalue weighted by molar-refractivity contribution is 0.0783. The van der Waals surface area contributed by atoms with Crippen LogP contribution in [0.3, 0.4) is 0 Å². The van der Waals surface area contributed by atoms with Crippen molar-refractivity contribution in [1.82, 2.24) is 24.8 Å². The van der Waals surface area contributed by atoms with Crippen LogP contribution in [0.15, 0.2) is 72.0 Å². The Hall–Kier alpha value is -5.40. The van der Waals surface area contributed by atoms with Crippen molar-refractivity contribution in [3.05, 3.63) is 78.1 Å². The van der Waals surface area contributed by atoms with Crippen LogP contribution in [0, 0.1) is 0 Å². The smallest absolute Gasteiger partial charge is 0.323 e. The molecule has 0 radical (unpaired) electrons. The second-order valence-electron chi connectivity index (χ2n) is 12.0. The average Bonchev–Trinajstić information content (AvgIpc) is 3.62. The highest BCUT2D eigenvalue weighted by atomic mass is 16.5. The number of hydrogen-bond acceptors (Lipinski definition) is 10. The maximum absolute atomic E-state index is 12.9. The van der Waals surface area contributed by atoms with Crippen molar-refractivity contribution in [3.8, 4) is 11.4 Å². The molecule has 3 amide bonds. The van der Waals surface area contributed by atoms with E-state index in [0.717, 1.165) is 42.0 Å². The summed E-state index contributed by atoms with van der Waals surface area (Å²) in [4.78, 5) is 50.6. The van der Waals surface area contributed by atoms with Gasteiger partial charge in [-0.15, -0.1) is 0 Å². The van der Waals surface area contributed by atoms with Gasteiger partial charge in [0, 0.05) is 91.5 Å². The summed E-state index contributed by atoms with van der Waals surface area (Å²) in [7, 11) is 5.76. The summed E-state index contributed by atoms with van der Waals surface area (Å²) in [5.41, 5.74) is 11.3. The van der Waals surface area contributed by atoms with Gasteiger partial charge < -0.3 is 35.8 Å². The first-order chi connectivity index (χ1) is 23.3. The zero-order valence-corrected chi connectivity index (χ0v) is 27.4. The first kappa shape index (κ1) is 32.5. The minimum absolute atomic E-state index is 0.00250. The zero-order valence-electron chi connectivity index (χ0n) is 27.4. The summed E-state index contributed by atoms with van der Waals surface area (Å²) < 4.78 is 5.57. The normalized spacial score (nSPS) is 17.0. The molecule has 1 unspecified atom stereocenters. The highest BCUT2D eigenvalue weighted by Crippen LogP contribution is 2.29. The third kappa shape index (κ3) is 7.27. The van der Waals surface area contributed by atoms with E-state index in [4.69, 9.17) is 25.4 Å². The molecule has 1 atom stereocenters. The van der Waals surface area contributed by atoms with Crippen molar-refractivity contribution in [1.29, 1.82) is 0 Å². The van der Waals surface area contributed by atoms with Crippen LogP contribution in [-0.2, 0) is 4.74 Å². The van der Waals surface area contributed by atoms with Gasteiger partial charge in [0.15, 0.2) is 11.6 Å². The number of allylic oxidation sites excluding steroid dienone is 1. The van der Waals surface area contributed by atoms with Crippen LogP contribution in [0.5, 0.6) is 0 Å². The zero-order chi connectivity index (χ0) is 33.6. The van der Waals surface area contributed by atoms with Gasteiger partial charge in [0.25, 0.3) is 5.91 Å². The number of fused-ring (bicyclic) bond motifs is 1. The Morgan fingerprint density at radius 1 is 0.979 bits per heavy atom. The number of morpholine rings is 1. The summed E-state index contributed by atoms with van der Waals surface area (Å²) in [5.74, 6) is 1.27. The fourth-order valence-electron chi connectivity index (χ4n) is 5.86. The van der Waals surface area contributed by atoms with Gasteiger partial charge in [0.2, 0.25) is 0 Å². The van der Waals surface area contributed by atoms with Gasteiger partial charge in [-0.2, -0.15) is 0 Å². The quantitative estimate of drug-likeness (QED) is 0.241. The molecule has 0 spiro atoms. The van der Waals surface area contributed by atoms with E-state index in [1.54, 1.807) is 55.9 Å². The van der Waals surface area contributed by atoms with Crippen LogP contribution in [0.2, 0.25) is 0 Å². The molecule has 13 nitrogen and oxygen atoms in total. The summed E-state index contributed by atoms with van der Waals surface area (Å²) in [6, 6.07) is 16.2. The summed E-state index contributed by atoms with van der Waals surface area (Å²) in [6.45, 7) is 4.05. The van der Waals surface area contributed by atoms with Gasteiger partial charge in [-0.3, -0.25) is 14.8 Å². The number of nitrogens with one attached hydrogen (secondary N) is 2. The van der Waals surface area contributed by atoms with Crippen molar-refractivity contribution >= 4 is 52.0 Å². The Morgan fingerprint density at radius 3 is 2.29 bits per heavy atom. The Bertz CT molecular complexity index is 1830. The van der Waals surface area contributed by atoms with Crippen LogP contribution in [0.4, 0.5) is 22.0 Å². The van der Waals surface area contributed by atoms with Crippen molar-refractivity contribution in [2.75, 3.05) is 76.1 Å². The molecule has 248 valence electrons. The van der Waals surface area contributed by atoms with Gasteiger partial charge in [0.1, 0.15) is 5.52 Å². The molecule has 48 heavy (non-hydrogen) atoms. The number of carbonyl (C=O) groups excluding carboxylic acids is 2. The number of aromatic nitrogens is 3. The number of hydrogen-bond donors (Lipinski definition) is 3. The molecule has 6 rings (SSSR count). The van der Waals surface area contributed by atoms with E-state index < -0.39 is 6.03 Å². The Balaban J connectivity index is 1.16. The molecule has 2 aliphatic rings.